The van der Waals surface area contributed by atoms with Gasteiger partial charge in [0.25, 0.3) is 0 Å². The van der Waals surface area contributed by atoms with E-state index in [2.05, 4.69) is 27.0 Å². The predicted molar refractivity (Wildman–Crippen MR) is 154 cm³/mol. The zero-order chi connectivity index (χ0) is 30.6. The van der Waals surface area contributed by atoms with Crippen LogP contribution < -0.4 is 11.1 Å². The van der Waals surface area contributed by atoms with E-state index in [1.807, 2.05) is 19.1 Å². The van der Waals surface area contributed by atoms with Crippen molar-refractivity contribution in [2.24, 2.45) is 20.7 Å². The number of carbonyl (C=O) groups excluding carboxylic acids is 1. The third-order valence-electron chi connectivity index (χ3n) is 5.71. The summed E-state index contributed by atoms with van der Waals surface area (Å²) in [5.41, 5.74) is 7.62. The molecule has 0 radical (unpaired) electrons. The summed E-state index contributed by atoms with van der Waals surface area (Å²) in [5.74, 6) is -2.74. The first kappa shape index (κ1) is 32.5. The van der Waals surface area contributed by atoms with Gasteiger partial charge < -0.3 is 11.1 Å². The smallest absolute Gasteiger partial charge is 0.383 e. The molecule has 0 saturated carbocycles. The van der Waals surface area contributed by atoms with E-state index in [4.69, 9.17) is 5.73 Å². The predicted octanol–water partition coefficient (Wildman–Crippen LogP) is 6.26. The molecule has 0 saturated heterocycles. The number of alkyl halides is 3. The first-order valence-corrected chi connectivity index (χ1v) is 12.2. The van der Waals surface area contributed by atoms with Gasteiger partial charge in [0.05, 0.1) is 5.57 Å². The second-order valence-corrected chi connectivity index (χ2v) is 8.67. The van der Waals surface area contributed by atoms with Gasteiger partial charge in [-0.2, -0.15) is 13.2 Å². The molecule has 0 fully saturated rings. The maximum atomic E-state index is 13.6. The number of hydrogen-bond donors (Lipinski definition) is 2. The van der Waals surface area contributed by atoms with Crippen molar-refractivity contribution in [3.8, 4) is 0 Å². The van der Waals surface area contributed by atoms with Gasteiger partial charge in [-0.15, -0.1) is 0 Å². The molecule has 0 aromatic heterocycles. The fourth-order valence-electron chi connectivity index (χ4n) is 3.60. The van der Waals surface area contributed by atoms with E-state index in [9.17, 15) is 26.7 Å². The molecule has 2 rings (SSSR count). The fraction of sp³-hybridized carbons (Fsp3) is 0.200. The van der Waals surface area contributed by atoms with E-state index in [0.717, 1.165) is 23.3 Å². The Kier molecular flexibility index (Phi) is 12.1. The van der Waals surface area contributed by atoms with Crippen LogP contribution in [0.1, 0.15) is 30.5 Å². The first-order chi connectivity index (χ1) is 19.4. The van der Waals surface area contributed by atoms with Crippen molar-refractivity contribution in [1.29, 1.82) is 0 Å². The van der Waals surface area contributed by atoms with Crippen molar-refractivity contribution in [2.75, 3.05) is 7.05 Å². The molecule has 0 aliphatic rings. The molecule has 1 amide bonds. The molecule has 216 valence electrons. The molecule has 0 spiro atoms. The van der Waals surface area contributed by atoms with Crippen molar-refractivity contribution in [2.45, 2.75) is 33.0 Å². The van der Waals surface area contributed by atoms with Gasteiger partial charge in [-0.1, -0.05) is 42.5 Å². The van der Waals surface area contributed by atoms with Crippen molar-refractivity contribution in [3.05, 3.63) is 112 Å². The van der Waals surface area contributed by atoms with Crippen LogP contribution in [0.25, 0.3) is 5.57 Å². The van der Waals surface area contributed by atoms with Crippen molar-refractivity contribution < 1.29 is 26.7 Å². The number of nitrogens with one attached hydrogen (secondary N) is 1. The van der Waals surface area contributed by atoms with Crippen LogP contribution in [0.5, 0.6) is 0 Å². The molecular weight excluding hydrogens is 541 g/mol. The molecule has 41 heavy (non-hydrogen) atoms. The van der Waals surface area contributed by atoms with Crippen molar-refractivity contribution in [1.82, 2.24) is 5.32 Å². The zero-order valence-corrected chi connectivity index (χ0v) is 22.8. The van der Waals surface area contributed by atoms with Crippen LogP contribution in [0.15, 0.2) is 98.6 Å². The number of amidine groups is 1. The number of allylic oxidation sites excluding steroid dienone is 5. The summed E-state index contributed by atoms with van der Waals surface area (Å²) >= 11 is 0. The Morgan fingerprint density at radius 3 is 2.29 bits per heavy atom. The van der Waals surface area contributed by atoms with Gasteiger partial charge >= 0.3 is 6.18 Å². The summed E-state index contributed by atoms with van der Waals surface area (Å²) in [6.45, 7) is 6.46. The lowest BCUT2D eigenvalue weighted by Gasteiger charge is -2.14. The molecule has 0 aliphatic heterocycles. The summed E-state index contributed by atoms with van der Waals surface area (Å²) in [6, 6.07) is 9.89. The van der Waals surface area contributed by atoms with Gasteiger partial charge in [-0.05, 0) is 66.6 Å². The Hall–Kier alpha value is -4.67. The Bertz CT molecular complexity index is 1430. The molecule has 11 heteroatoms. The Morgan fingerprint density at radius 1 is 1.07 bits per heavy atom. The summed E-state index contributed by atoms with van der Waals surface area (Å²) in [6.07, 6.45) is 1.21. The van der Waals surface area contributed by atoms with Crippen LogP contribution in [0.2, 0.25) is 0 Å². The highest BCUT2D eigenvalue weighted by atomic mass is 19.4. The number of nitrogens with two attached hydrogens (primary N) is 1. The van der Waals surface area contributed by atoms with Gasteiger partial charge in [0.15, 0.2) is 11.6 Å². The number of hydrogen-bond acceptors (Lipinski definition) is 3. The summed E-state index contributed by atoms with van der Waals surface area (Å²) < 4.78 is 67.5. The van der Waals surface area contributed by atoms with Crippen molar-refractivity contribution >= 4 is 30.4 Å². The van der Waals surface area contributed by atoms with E-state index in [0.29, 0.717) is 23.4 Å². The van der Waals surface area contributed by atoms with Crippen LogP contribution >= 0.6 is 0 Å². The maximum Gasteiger partial charge on any atom is 0.417 e. The average Bonchev–Trinajstić information content (AvgIpc) is 2.93. The fourth-order valence-corrected chi connectivity index (χ4v) is 3.60. The van der Waals surface area contributed by atoms with E-state index < -0.39 is 29.3 Å². The minimum absolute atomic E-state index is 0.174. The first-order valence-electron chi connectivity index (χ1n) is 12.2. The second-order valence-electron chi connectivity index (χ2n) is 8.67. The van der Waals surface area contributed by atoms with E-state index in [-0.39, 0.29) is 29.9 Å². The third kappa shape index (κ3) is 9.79. The van der Waals surface area contributed by atoms with E-state index in [1.54, 1.807) is 38.2 Å². The number of aliphatic imine (C=N–C) groups is 3. The summed E-state index contributed by atoms with van der Waals surface area (Å²) in [7, 11) is 1.56. The number of nitrogens with zero attached hydrogens (tertiary/aromatic N) is 3. The molecule has 0 atom stereocenters. The standard InChI is InChI=1S/C30H30F5N5O/c1-5-6-25(19(2)28(36)40-18-38-4)22-10-7-20(8-11-22)13-23(15-24(17-37-3)30(33,34)35)29(41)39-16-21-9-12-26(31)27(32)14-21/h5-12,14-15,17-18H,3,13,16H2,1-2,4H3,(H,39,41)(H2,36,38,40)/b6-5-,23-15+,24-17+,25-19-. The van der Waals surface area contributed by atoms with Gasteiger partial charge in [-0.25, -0.2) is 13.8 Å². The number of amides is 1. The normalized spacial score (nSPS) is 14.0. The minimum atomic E-state index is -4.80. The van der Waals surface area contributed by atoms with Gasteiger partial charge in [0.2, 0.25) is 5.91 Å². The highest BCUT2D eigenvalue weighted by Crippen LogP contribution is 2.29. The Morgan fingerprint density at radius 2 is 1.73 bits per heavy atom. The third-order valence-corrected chi connectivity index (χ3v) is 5.71. The summed E-state index contributed by atoms with van der Waals surface area (Å²) in [4.78, 5) is 24.1. The number of rotatable bonds is 11. The molecule has 0 unspecified atom stereocenters. The van der Waals surface area contributed by atoms with Crippen molar-refractivity contribution in [3.63, 3.8) is 0 Å². The van der Waals surface area contributed by atoms with Crippen LogP contribution in [-0.4, -0.2) is 38.0 Å². The lowest BCUT2D eigenvalue weighted by atomic mass is 9.96. The molecule has 0 aliphatic carbocycles. The quantitative estimate of drug-likeness (QED) is 0.110. The number of carbonyl (C=O) groups is 1. The zero-order valence-electron chi connectivity index (χ0n) is 22.8. The monoisotopic (exact) mass is 571 g/mol. The maximum absolute atomic E-state index is 13.6. The molecule has 3 N–H and O–H groups in total. The highest BCUT2D eigenvalue weighted by Gasteiger charge is 2.33. The van der Waals surface area contributed by atoms with Gasteiger partial charge in [-0.3, -0.25) is 14.8 Å². The molecular formula is C30H30F5N5O. The second kappa shape index (κ2) is 15.2. The highest BCUT2D eigenvalue weighted by molar-refractivity contribution is 6.07. The van der Waals surface area contributed by atoms with Crippen LogP contribution in [0, 0.1) is 11.6 Å². The minimum Gasteiger partial charge on any atom is -0.383 e. The average molecular weight is 572 g/mol. The topological polar surface area (TPSA) is 92.2 Å². The van der Waals surface area contributed by atoms with Crippen LogP contribution in [-0.2, 0) is 17.8 Å². The molecule has 2 aromatic carbocycles. The molecule has 2 aromatic rings. The molecule has 0 bridgehead atoms. The van der Waals surface area contributed by atoms with Crippen LogP contribution in [0.3, 0.4) is 0 Å². The van der Waals surface area contributed by atoms with Crippen LogP contribution in [0.4, 0.5) is 22.0 Å². The molecule has 6 nitrogen and oxygen atoms in total. The van der Waals surface area contributed by atoms with E-state index in [1.165, 1.54) is 12.4 Å². The summed E-state index contributed by atoms with van der Waals surface area (Å²) in [5, 5.41) is 2.46. The Balaban J connectivity index is 2.44. The SMILES string of the molecule is C=N/C=C(\C=C(/Cc1ccc(C(/C=C\C)=C(/C)C(N)=NC=NC)cc1)C(=O)NCc1ccc(F)c(F)c1)C(F)(F)F. The largest absolute Gasteiger partial charge is 0.417 e. The van der Waals surface area contributed by atoms with E-state index >= 15 is 0 Å². The number of halogens is 5. The number of benzene rings is 2. The lowest BCUT2D eigenvalue weighted by molar-refractivity contribution is -0.117. The molecule has 0 heterocycles. The Labute approximate surface area is 235 Å². The van der Waals surface area contributed by atoms with Gasteiger partial charge in [0, 0.05) is 31.8 Å². The van der Waals surface area contributed by atoms with Gasteiger partial charge in [0.1, 0.15) is 12.2 Å². The lowest BCUT2D eigenvalue weighted by Crippen LogP contribution is -2.26.